The van der Waals surface area contributed by atoms with Crippen LogP contribution in [0.2, 0.25) is 0 Å². The normalized spacial score (nSPS) is 23.9. The van der Waals surface area contributed by atoms with Crippen LogP contribution in [-0.2, 0) is 30.3 Å². The Bertz CT molecular complexity index is 1410. The van der Waals surface area contributed by atoms with Crippen LogP contribution in [-0.4, -0.2) is 15.9 Å². The molecule has 4 fully saturated rings. The molecule has 4 aliphatic carbocycles. The van der Waals surface area contributed by atoms with Crippen molar-refractivity contribution < 1.29 is 30.0 Å². The van der Waals surface area contributed by atoms with Crippen molar-refractivity contribution in [3.63, 3.8) is 0 Å². The largest absolute Gasteiger partial charge is 0.512 e. The molecule has 44 heavy (non-hydrogen) atoms. The van der Waals surface area contributed by atoms with Crippen LogP contribution in [0.25, 0.3) is 22.2 Å². The molecule has 239 valence electrons. The molecular weight excluding hydrogens is 719 g/mol. The average molecular weight is 771 g/mol. The molecule has 1 radical (unpaired) electrons. The molecule has 4 saturated carbocycles. The zero-order valence-electron chi connectivity index (χ0n) is 27.7. The summed E-state index contributed by atoms with van der Waals surface area (Å²) in [7, 11) is 0. The molecule has 4 bridgehead atoms. The number of hydrogen-bond donors (Lipinski definition) is 1. The van der Waals surface area contributed by atoms with E-state index in [0.29, 0.717) is 5.41 Å². The summed E-state index contributed by atoms with van der Waals surface area (Å²) in [5, 5.41) is 11.1. The van der Waals surface area contributed by atoms with Crippen LogP contribution in [0.1, 0.15) is 109 Å². The van der Waals surface area contributed by atoms with Crippen molar-refractivity contribution in [3.8, 4) is 11.3 Å². The van der Waals surface area contributed by atoms with Gasteiger partial charge in [0.2, 0.25) is 0 Å². The second-order valence-corrected chi connectivity index (χ2v) is 14.0. The minimum absolute atomic E-state index is 0. The maximum absolute atomic E-state index is 11.7. The molecule has 7 rings (SSSR count). The first-order valence-electron chi connectivity index (χ1n) is 17.0. The number of benzene rings is 2. The monoisotopic (exact) mass is 771 g/mol. The number of para-hydroxylation sites is 1. The number of allylic oxidation sites excluding steroid dienone is 2. The topological polar surface area (TPSA) is 50.2 Å². The van der Waals surface area contributed by atoms with Crippen molar-refractivity contribution in [1.82, 2.24) is 4.98 Å². The van der Waals surface area contributed by atoms with E-state index in [1.165, 1.54) is 61.1 Å². The molecule has 0 atom stereocenters. The minimum atomic E-state index is 0. The number of carbonyl (C=O) groups is 1. The third kappa shape index (κ3) is 7.39. The Morgan fingerprint density at radius 1 is 0.909 bits per heavy atom. The first-order valence-corrected chi connectivity index (χ1v) is 17.0. The van der Waals surface area contributed by atoms with Crippen molar-refractivity contribution in [1.29, 1.82) is 0 Å². The molecular formula is C40H52IrNO2-. The van der Waals surface area contributed by atoms with E-state index in [1.807, 2.05) is 27.7 Å². The summed E-state index contributed by atoms with van der Waals surface area (Å²) in [4.78, 5) is 16.8. The molecule has 1 aromatic heterocycles. The Morgan fingerprint density at radius 3 is 2.02 bits per heavy atom. The second-order valence-electron chi connectivity index (χ2n) is 14.0. The fraction of sp³-hybridized carbons (Fsp3) is 0.550. The number of aryl methyl sites for hydroxylation is 2. The van der Waals surface area contributed by atoms with Gasteiger partial charge in [-0.3, -0.25) is 9.78 Å². The summed E-state index contributed by atoms with van der Waals surface area (Å²) < 4.78 is 0. The number of ketones is 1. The fourth-order valence-electron chi connectivity index (χ4n) is 9.01. The molecule has 0 aliphatic heterocycles. The number of nitrogens with zero attached hydrogens (tertiary/aromatic N) is 1. The van der Waals surface area contributed by atoms with Crippen molar-refractivity contribution in [2.45, 2.75) is 111 Å². The van der Waals surface area contributed by atoms with Gasteiger partial charge in [0.25, 0.3) is 0 Å². The number of aliphatic hydroxyl groups is 1. The van der Waals surface area contributed by atoms with E-state index in [9.17, 15) is 9.90 Å². The number of aromatic nitrogens is 1. The third-order valence-corrected chi connectivity index (χ3v) is 10.8. The zero-order chi connectivity index (χ0) is 30.7. The van der Waals surface area contributed by atoms with Gasteiger partial charge in [-0.1, -0.05) is 65.8 Å². The number of rotatable bonds is 9. The Kier molecular flexibility index (Phi) is 11.7. The van der Waals surface area contributed by atoms with E-state index in [0.717, 1.165) is 60.2 Å². The SMILES string of the molecule is CCC(CC)C(=O)/C=C(\O)C(CC)CC.Cc1[c-]c(-c2cc(C34CC5CC(CC(C5)C3)C4)c3ccccc3n2)cc(C)c1.[Ir]. The van der Waals surface area contributed by atoms with Crippen LogP contribution in [0, 0.1) is 49.5 Å². The molecule has 3 aromatic rings. The summed E-state index contributed by atoms with van der Waals surface area (Å²) in [6.45, 7) is 12.4. The van der Waals surface area contributed by atoms with Gasteiger partial charge < -0.3 is 5.11 Å². The van der Waals surface area contributed by atoms with Crippen LogP contribution in [0.3, 0.4) is 0 Å². The van der Waals surface area contributed by atoms with Gasteiger partial charge in [0.15, 0.2) is 5.78 Å². The number of hydrogen-bond acceptors (Lipinski definition) is 3. The Labute approximate surface area is 279 Å². The Morgan fingerprint density at radius 2 is 1.48 bits per heavy atom. The van der Waals surface area contributed by atoms with Crippen molar-refractivity contribution in [2.24, 2.45) is 29.6 Å². The molecule has 0 spiro atoms. The molecule has 0 unspecified atom stereocenters. The van der Waals surface area contributed by atoms with Gasteiger partial charge in [-0.05, 0) is 105 Å². The van der Waals surface area contributed by atoms with Crippen LogP contribution in [0.5, 0.6) is 0 Å². The molecule has 4 aliphatic rings. The average Bonchev–Trinajstić information content (AvgIpc) is 2.97. The standard InChI is InChI=1S/C27H28N.C13H24O2.Ir/c1-17-7-18(2)9-22(8-17)26-13-24(23-5-3-4-6-25(23)28-26)27-14-19-10-20(15-27)12-21(11-19)16-27;1-5-10(6-2)12(14)9-13(15)11(7-3)8-4;/h3-8,13,19-21H,10-12,14-16H2,1-2H3;9-11,14H,5-8H2,1-4H3;/q-1;;/b;12-9-;. The van der Waals surface area contributed by atoms with Crippen LogP contribution in [0.15, 0.2) is 54.3 Å². The number of fused-ring (bicyclic) bond motifs is 1. The van der Waals surface area contributed by atoms with Crippen LogP contribution >= 0.6 is 0 Å². The Balaban J connectivity index is 0.000000239. The molecule has 0 amide bonds. The molecule has 0 saturated heterocycles. The van der Waals surface area contributed by atoms with Gasteiger partial charge >= 0.3 is 0 Å². The van der Waals surface area contributed by atoms with E-state index >= 15 is 0 Å². The molecule has 1 N–H and O–H groups in total. The van der Waals surface area contributed by atoms with Gasteiger partial charge in [0.1, 0.15) is 0 Å². The number of pyridine rings is 1. The molecule has 3 nitrogen and oxygen atoms in total. The molecule has 4 heteroatoms. The van der Waals surface area contributed by atoms with Crippen LogP contribution in [0.4, 0.5) is 0 Å². The molecule has 1 heterocycles. The van der Waals surface area contributed by atoms with Gasteiger partial charge in [-0.2, -0.15) is 0 Å². The summed E-state index contributed by atoms with van der Waals surface area (Å²) in [5.41, 5.74) is 7.85. The van der Waals surface area contributed by atoms with Gasteiger partial charge in [0.05, 0.1) is 11.3 Å². The fourth-order valence-corrected chi connectivity index (χ4v) is 9.01. The summed E-state index contributed by atoms with van der Waals surface area (Å²) in [6, 6.07) is 19.3. The van der Waals surface area contributed by atoms with Gasteiger partial charge in [-0.15, -0.1) is 34.9 Å². The maximum atomic E-state index is 11.7. The van der Waals surface area contributed by atoms with Gasteiger partial charge in [0, 0.05) is 43.4 Å². The van der Waals surface area contributed by atoms with E-state index in [4.69, 9.17) is 4.98 Å². The van der Waals surface area contributed by atoms with E-state index in [2.05, 4.69) is 62.4 Å². The minimum Gasteiger partial charge on any atom is -0.512 e. The summed E-state index contributed by atoms with van der Waals surface area (Å²) >= 11 is 0. The first kappa shape index (κ1) is 34.6. The second kappa shape index (κ2) is 14.9. The van der Waals surface area contributed by atoms with E-state index in [-0.39, 0.29) is 43.5 Å². The van der Waals surface area contributed by atoms with Gasteiger partial charge in [-0.25, -0.2) is 0 Å². The van der Waals surface area contributed by atoms with Crippen molar-refractivity contribution >= 4 is 16.7 Å². The smallest absolute Gasteiger partial charge is 0.162 e. The zero-order valence-corrected chi connectivity index (χ0v) is 30.1. The predicted octanol–water partition coefficient (Wildman–Crippen LogP) is 10.7. The van der Waals surface area contributed by atoms with Crippen LogP contribution < -0.4 is 0 Å². The quantitative estimate of drug-likeness (QED) is 0.134. The number of aliphatic hydroxyl groups excluding tert-OH is 1. The summed E-state index contributed by atoms with van der Waals surface area (Å²) in [6.07, 6.45) is 13.5. The first-order chi connectivity index (χ1) is 20.7. The molecule has 2 aromatic carbocycles. The Hall–Kier alpha value is -2.29. The maximum Gasteiger partial charge on any atom is 0.162 e. The summed E-state index contributed by atoms with van der Waals surface area (Å²) in [5.74, 6) is 3.41. The number of carbonyl (C=O) groups excluding carboxylic acids is 1. The van der Waals surface area contributed by atoms with E-state index < -0.39 is 0 Å². The van der Waals surface area contributed by atoms with Crippen molar-refractivity contribution in [3.05, 3.63) is 77.1 Å². The van der Waals surface area contributed by atoms with Crippen molar-refractivity contribution in [2.75, 3.05) is 0 Å². The van der Waals surface area contributed by atoms with E-state index in [1.54, 1.807) is 5.56 Å². The third-order valence-electron chi connectivity index (χ3n) is 10.8. The predicted molar refractivity (Wildman–Crippen MR) is 179 cm³/mol.